The van der Waals surface area contributed by atoms with Crippen LogP contribution in [0.3, 0.4) is 0 Å². The minimum atomic E-state index is 0. The molecule has 0 saturated carbocycles. The monoisotopic (exact) mass is 199 g/mol. The van der Waals surface area contributed by atoms with Gasteiger partial charge < -0.3 is 6.15 Å². The average molecular weight is 200 g/mol. The Balaban J connectivity index is 0. The van der Waals surface area contributed by atoms with Crippen LogP contribution in [-0.4, -0.2) is 0 Å². The van der Waals surface area contributed by atoms with Crippen LogP contribution in [0.25, 0.3) is 0 Å². The van der Waals surface area contributed by atoms with E-state index in [1.54, 1.807) is 0 Å². The molecular formula is C11H18ClN. The molecule has 0 saturated heterocycles. The van der Waals surface area contributed by atoms with E-state index in [0.29, 0.717) is 0 Å². The van der Waals surface area contributed by atoms with Crippen LogP contribution in [0.2, 0.25) is 0 Å². The summed E-state index contributed by atoms with van der Waals surface area (Å²) in [6.07, 6.45) is 1.97. The topological polar surface area (TPSA) is 35.0 Å². The molecule has 0 spiro atoms. The lowest BCUT2D eigenvalue weighted by atomic mass is 9.85. The van der Waals surface area contributed by atoms with E-state index in [1.165, 1.54) is 5.56 Å². The smallest absolute Gasteiger partial charge is 0.00726 e. The molecule has 0 amide bonds. The number of hydrogen-bond donors (Lipinski definition) is 1. The first-order chi connectivity index (χ1) is 5.17. The van der Waals surface area contributed by atoms with Gasteiger partial charge in [-0.25, -0.2) is 0 Å². The summed E-state index contributed by atoms with van der Waals surface area (Å²) >= 11 is 0. The molecule has 2 heteroatoms. The maximum atomic E-state index is 3.81. The molecule has 1 nitrogen and oxygen atoms in total. The van der Waals surface area contributed by atoms with E-state index in [-0.39, 0.29) is 24.0 Å². The predicted molar refractivity (Wildman–Crippen MR) is 61.9 cm³/mol. The van der Waals surface area contributed by atoms with Crippen molar-refractivity contribution in [3.63, 3.8) is 0 Å². The molecule has 0 aliphatic heterocycles. The Morgan fingerprint density at radius 1 is 1.15 bits per heavy atom. The second-order valence-electron chi connectivity index (χ2n) is 3.29. The van der Waals surface area contributed by atoms with Crippen molar-refractivity contribution >= 4 is 12.4 Å². The Morgan fingerprint density at radius 2 is 1.62 bits per heavy atom. The van der Waals surface area contributed by atoms with Gasteiger partial charge in [0.2, 0.25) is 0 Å². The van der Waals surface area contributed by atoms with E-state index < -0.39 is 0 Å². The highest BCUT2D eigenvalue weighted by Crippen LogP contribution is 2.22. The Hall–Kier alpha value is -0.790. The van der Waals surface area contributed by atoms with Crippen LogP contribution in [0.4, 0.5) is 0 Å². The number of hydrogen-bond acceptors (Lipinski definition) is 1. The molecule has 1 aromatic rings. The van der Waals surface area contributed by atoms with Crippen molar-refractivity contribution in [1.82, 2.24) is 6.15 Å². The van der Waals surface area contributed by atoms with Gasteiger partial charge in [-0.15, -0.1) is 19.0 Å². The first-order valence-corrected chi connectivity index (χ1v) is 3.86. The molecule has 0 fully saturated rings. The maximum absolute atomic E-state index is 3.81. The van der Waals surface area contributed by atoms with Crippen LogP contribution in [0.15, 0.2) is 43.0 Å². The van der Waals surface area contributed by atoms with Gasteiger partial charge in [-0.2, -0.15) is 0 Å². The maximum Gasteiger partial charge on any atom is 0.00726 e. The number of rotatable bonds is 2. The molecule has 0 aliphatic carbocycles. The molecule has 0 aromatic heterocycles. The Kier molecular flexibility index (Phi) is 6.55. The van der Waals surface area contributed by atoms with Crippen LogP contribution in [-0.2, 0) is 5.41 Å². The number of benzene rings is 1. The lowest BCUT2D eigenvalue weighted by Crippen LogP contribution is -2.12. The van der Waals surface area contributed by atoms with Crippen molar-refractivity contribution in [2.45, 2.75) is 19.3 Å². The highest BCUT2D eigenvalue weighted by atomic mass is 35.5. The van der Waals surface area contributed by atoms with E-state index in [1.807, 2.05) is 12.1 Å². The standard InChI is InChI=1S/C11H14.ClH.H3N/c1-4-11(2,3)10-8-6-5-7-9-10;;/h4-9H,1H2,2-3H3;1H;1H3. The molecule has 1 rings (SSSR count). The molecule has 13 heavy (non-hydrogen) atoms. The van der Waals surface area contributed by atoms with Crippen molar-refractivity contribution in [3.8, 4) is 0 Å². The molecule has 0 bridgehead atoms. The van der Waals surface area contributed by atoms with E-state index in [2.05, 4.69) is 44.7 Å². The summed E-state index contributed by atoms with van der Waals surface area (Å²) in [7, 11) is 0. The zero-order valence-electron chi connectivity index (χ0n) is 8.29. The minimum Gasteiger partial charge on any atom is -0.344 e. The van der Waals surface area contributed by atoms with Crippen molar-refractivity contribution < 1.29 is 0 Å². The fourth-order valence-corrected chi connectivity index (χ4v) is 0.986. The highest BCUT2D eigenvalue weighted by molar-refractivity contribution is 5.85. The third-order valence-electron chi connectivity index (χ3n) is 2.03. The molecule has 74 valence electrons. The summed E-state index contributed by atoms with van der Waals surface area (Å²) < 4.78 is 0. The van der Waals surface area contributed by atoms with Crippen LogP contribution in [0, 0.1) is 0 Å². The van der Waals surface area contributed by atoms with E-state index >= 15 is 0 Å². The number of halogens is 1. The molecule has 1 aromatic carbocycles. The summed E-state index contributed by atoms with van der Waals surface area (Å²) in [5.74, 6) is 0. The molecule has 3 N–H and O–H groups in total. The van der Waals surface area contributed by atoms with Gasteiger partial charge in [0.15, 0.2) is 0 Å². The minimum absolute atomic E-state index is 0. The zero-order valence-corrected chi connectivity index (χ0v) is 9.10. The van der Waals surface area contributed by atoms with Crippen LogP contribution >= 0.6 is 12.4 Å². The molecule has 0 radical (unpaired) electrons. The van der Waals surface area contributed by atoms with Crippen LogP contribution < -0.4 is 6.15 Å². The molecule has 0 atom stereocenters. The van der Waals surface area contributed by atoms with Gasteiger partial charge in [-0.05, 0) is 5.56 Å². The van der Waals surface area contributed by atoms with Crippen LogP contribution in [0.5, 0.6) is 0 Å². The van der Waals surface area contributed by atoms with Crippen molar-refractivity contribution in [2.24, 2.45) is 0 Å². The third-order valence-corrected chi connectivity index (χ3v) is 2.03. The van der Waals surface area contributed by atoms with Gasteiger partial charge in [0.05, 0.1) is 0 Å². The summed E-state index contributed by atoms with van der Waals surface area (Å²) in [5, 5.41) is 0. The fraction of sp³-hybridized carbons (Fsp3) is 0.273. The third kappa shape index (κ3) is 3.62. The van der Waals surface area contributed by atoms with Crippen molar-refractivity contribution in [1.29, 1.82) is 0 Å². The molecule has 0 aliphatic rings. The summed E-state index contributed by atoms with van der Waals surface area (Å²) in [6, 6.07) is 10.4. The Labute approximate surface area is 86.9 Å². The van der Waals surface area contributed by atoms with Crippen molar-refractivity contribution in [3.05, 3.63) is 48.6 Å². The molecule has 0 heterocycles. The normalized spacial score (nSPS) is 9.38. The lowest BCUT2D eigenvalue weighted by Gasteiger charge is -2.19. The first kappa shape index (κ1) is 14.7. The zero-order chi connectivity index (χ0) is 8.32. The Bertz CT molecular complexity index is 242. The number of allylic oxidation sites excluding steroid dienone is 1. The second-order valence-corrected chi connectivity index (χ2v) is 3.29. The SMILES string of the molecule is C=CC(C)(C)c1ccccc1.Cl.N. The fourth-order valence-electron chi connectivity index (χ4n) is 0.986. The van der Waals surface area contributed by atoms with Gasteiger partial charge in [-0.1, -0.05) is 50.3 Å². The van der Waals surface area contributed by atoms with Gasteiger partial charge in [0.1, 0.15) is 0 Å². The van der Waals surface area contributed by atoms with E-state index in [9.17, 15) is 0 Å². The first-order valence-electron chi connectivity index (χ1n) is 3.86. The van der Waals surface area contributed by atoms with Gasteiger partial charge in [0.25, 0.3) is 0 Å². The molecular weight excluding hydrogens is 182 g/mol. The van der Waals surface area contributed by atoms with E-state index in [0.717, 1.165) is 0 Å². The largest absolute Gasteiger partial charge is 0.344 e. The second kappa shape index (κ2) is 5.79. The van der Waals surface area contributed by atoms with Crippen molar-refractivity contribution in [2.75, 3.05) is 0 Å². The summed E-state index contributed by atoms with van der Waals surface area (Å²) in [6.45, 7) is 8.13. The van der Waals surface area contributed by atoms with Gasteiger partial charge in [0, 0.05) is 5.41 Å². The summed E-state index contributed by atoms with van der Waals surface area (Å²) in [5.41, 5.74) is 1.41. The quantitative estimate of drug-likeness (QED) is 0.724. The lowest BCUT2D eigenvalue weighted by molar-refractivity contribution is 0.672. The average Bonchev–Trinajstić information content (AvgIpc) is 2.06. The molecule has 0 unspecified atom stereocenters. The highest BCUT2D eigenvalue weighted by Gasteiger charge is 2.14. The predicted octanol–water partition coefficient (Wildman–Crippen LogP) is 3.73. The van der Waals surface area contributed by atoms with Crippen LogP contribution in [0.1, 0.15) is 19.4 Å². The van der Waals surface area contributed by atoms with Gasteiger partial charge in [-0.3, -0.25) is 0 Å². The van der Waals surface area contributed by atoms with Gasteiger partial charge >= 0.3 is 0 Å². The summed E-state index contributed by atoms with van der Waals surface area (Å²) in [4.78, 5) is 0. The van der Waals surface area contributed by atoms with E-state index in [4.69, 9.17) is 0 Å². The Morgan fingerprint density at radius 3 is 2.00 bits per heavy atom.